The van der Waals surface area contributed by atoms with Gasteiger partial charge in [-0.05, 0) is 30.2 Å². The van der Waals surface area contributed by atoms with E-state index >= 15 is 0 Å². The van der Waals surface area contributed by atoms with Gasteiger partial charge in [0.25, 0.3) is 0 Å². The highest BCUT2D eigenvalue weighted by Gasteiger charge is 2.11. The number of carbonyl (C=O) groups is 1. The molecule has 4 heteroatoms. The van der Waals surface area contributed by atoms with Crippen LogP contribution in [0.25, 0.3) is 0 Å². The first-order chi connectivity index (χ1) is 6.60. The summed E-state index contributed by atoms with van der Waals surface area (Å²) in [6, 6.07) is 2.69. The third-order valence-corrected chi connectivity index (χ3v) is 2.30. The minimum absolute atomic E-state index is 0.174. The number of alkyl halides is 1. The summed E-state index contributed by atoms with van der Waals surface area (Å²) in [4.78, 5) is 11.1. The van der Waals surface area contributed by atoms with Crippen molar-refractivity contribution in [2.45, 2.75) is 12.8 Å². The second-order valence-electron chi connectivity index (χ2n) is 2.87. The summed E-state index contributed by atoms with van der Waals surface area (Å²) in [6.45, 7) is 1.62. The molecule has 1 rings (SSSR count). The van der Waals surface area contributed by atoms with Crippen molar-refractivity contribution in [1.82, 2.24) is 0 Å². The maximum absolute atomic E-state index is 13.3. The normalized spacial score (nSPS) is 10.0. The van der Waals surface area contributed by atoms with E-state index in [0.717, 1.165) is 6.07 Å². The van der Waals surface area contributed by atoms with Gasteiger partial charge in [0.2, 0.25) is 0 Å². The van der Waals surface area contributed by atoms with Gasteiger partial charge in [0.15, 0.2) is 0 Å². The standard InChI is InChI=1S/C10H10ClFO2/c1-6-8(5-11)3-7(4-9(6)12)10(13)14-2/h3-4H,5H2,1-2H3. The Hall–Kier alpha value is -1.09. The van der Waals surface area contributed by atoms with Crippen LogP contribution in [-0.2, 0) is 10.6 Å². The van der Waals surface area contributed by atoms with Gasteiger partial charge in [0, 0.05) is 5.88 Å². The summed E-state index contributed by atoms with van der Waals surface area (Å²) in [7, 11) is 1.25. The fourth-order valence-corrected chi connectivity index (χ4v) is 1.39. The Morgan fingerprint density at radius 1 is 1.57 bits per heavy atom. The number of carbonyl (C=O) groups excluding carboxylic acids is 1. The van der Waals surface area contributed by atoms with Gasteiger partial charge in [0.05, 0.1) is 12.7 Å². The highest BCUT2D eigenvalue weighted by molar-refractivity contribution is 6.17. The molecule has 1 aromatic rings. The Balaban J connectivity index is 3.22. The van der Waals surface area contributed by atoms with Gasteiger partial charge < -0.3 is 4.74 Å². The summed E-state index contributed by atoms with van der Waals surface area (Å²) in [5.41, 5.74) is 1.26. The monoisotopic (exact) mass is 216 g/mol. The van der Waals surface area contributed by atoms with E-state index in [2.05, 4.69) is 4.74 Å². The van der Waals surface area contributed by atoms with Crippen molar-refractivity contribution in [3.63, 3.8) is 0 Å². The van der Waals surface area contributed by atoms with Crippen molar-refractivity contribution in [2.24, 2.45) is 0 Å². The maximum atomic E-state index is 13.3. The molecule has 0 aromatic heterocycles. The topological polar surface area (TPSA) is 26.3 Å². The van der Waals surface area contributed by atoms with E-state index in [0.29, 0.717) is 11.1 Å². The molecule has 76 valence electrons. The maximum Gasteiger partial charge on any atom is 0.337 e. The minimum atomic E-state index is -0.560. The van der Waals surface area contributed by atoms with Crippen LogP contribution in [0.5, 0.6) is 0 Å². The van der Waals surface area contributed by atoms with Crippen molar-refractivity contribution >= 4 is 17.6 Å². The quantitative estimate of drug-likeness (QED) is 0.561. The first-order valence-electron chi connectivity index (χ1n) is 4.03. The van der Waals surface area contributed by atoms with Crippen molar-refractivity contribution in [2.75, 3.05) is 7.11 Å². The number of ether oxygens (including phenoxy) is 1. The average molecular weight is 217 g/mol. The predicted molar refractivity (Wildman–Crippen MR) is 52.0 cm³/mol. The van der Waals surface area contributed by atoms with Crippen LogP contribution < -0.4 is 0 Å². The molecule has 14 heavy (non-hydrogen) atoms. The number of hydrogen-bond donors (Lipinski definition) is 0. The second-order valence-corrected chi connectivity index (χ2v) is 3.13. The fraction of sp³-hybridized carbons (Fsp3) is 0.300. The summed E-state index contributed by atoms with van der Waals surface area (Å²) >= 11 is 5.61. The van der Waals surface area contributed by atoms with E-state index in [-0.39, 0.29) is 11.4 Å². The number of halogens is 2. The molecule has 0 fully saturated rings. The highest BCUT2D eigenvalue weighted by atomic mass is 35.5. The van der Waals surface area contributed by atoms with Crippen LogP contribution in [0, 0.1) is 12.7 Å². The molecule has 0 atom stereocenters. The Morgan fingerprint density at radius 2 is 2.21 bits per heavy atom. The molecule has 0 amide bonds. The van der Waals surface area contributed by atoms with Gasteiger partial charge in [0.1, 0.15) is 5.82 Å². The van der Waals surface area contributed by atoms with E-state index in [9.17, 15) is 9.18 Å². The van der Waals surface area contributed by atoms with E-state index in [1.54, 1.807) is 6.92 Å². The molecule has 0 heterocycles. The zero-order chi connectivity index (χ0) is 10.7. The van der Waals surface area contributed by atoms with Crippen LogP contribution in [0.1, 0.15) is 21.5 Å². The van der Waals surface area contributed by atoms with Crippen LogP contribution in [0.3, 0.4) is 0 Å². The first-order valence-corrected chi connectivity index (χ1v) is 4.57. The third-order valence-electron chi connectivity index (χ3n) is 2.02. The van der Waals surface area contributed by atoms with Crippen molar-refractivity contribution in [1.29, 1.82) is 0 Å². The van der Waals surface area contributed by atoms with Gasteiger partial charge in [-0.3, -0.25) is 0 Å². The van der Waals surface area contributed by atoms with Gasteiger partial charge in [-0.15, -0.1) is 11.6 Å². The summed E-state index contributed by atoms with van der Waals surface area (Å²) in [5.74, 6) is -0.827. The Morgan fingerprint density at radius 3 is 2.71 bits per heavy atom. The first kappa shape index (κ1) is 11.0. The third kappa shape index (κ3) is 2.04. The predicted octanol–water partition coefficient (Wildman–Crippen LogP) is 2.66. The lowest BCUT2D eigenvalue weighted by atomic mass is 10.1. The van der Waals surface area contributed by atoms with Crippen LogP contribution in [0.2, 0.25) is 0 Å². The molecular formula is C10H10ClFO2. The molecular weight excluding hydrogens is 207 g/mol. The smallest absolute Gasteiger partial charge is 0.337 e. The van der Waals surface area contributed by atoms with Crippen LogP contribution in [0.15, 0.2) is 12.1 Å². The molecule has 0 bridgehead atoms. The molecule has 0 saturated carbocycles. The number of rotatable bonds is 2. The number of hydrogen-bond acceptors (Lipinski definition) is 2. The number of esters is 1. The molecule has 0 radical (unpaired) electrons. The Kier molecular flexibility index (Phi) is 3.47. The molecule has 0 aliphatic heterocycles. The van der Waals surface area contributed by atoms with Crippen LogP contribution in [0.4, 0.5) is 4.39 Å². The highest BCUT2D eigenvalue weighted by Crippen LogP contribution is 2.18. The van der Waals surface area contributed by atoms with Gasteiger partial charge in [-0.1, -0.05) is 0 Å². The van der Waals surface area contributed by atoms with E-state index in [1.807, 2.05) is 0 Å². The van der Waals surface area contributed by atoms with Crippen molar-refractivity contribution in [3.05, 3.63) is 34.6 Å². The van der Waals surface area contributed by atoms with Crippen LogP contribution in [-0.4, -0.2) is 13.1 Å². The SMILES string of the molecule is COC(=O)c1cc(F)c(C)c(CCl)c1. The van der Waals surface area contributed by atoms with E-state index in [4.69, 9.17) is 11.6 Å². The van der Waals surface area contributed by atoms with Gasteiger partial charge in [-0.2, -0.15) is 0 Å². The molecule has 0 aliphatic rings. The molecule has 2 nitrogen and oxygen atoms in total. The molecule has 0 spiro atoms. The summed E-state index contributed by atoms with van der Waals surface area (Å²) in [5, 5.41) is 0. The lowest BCUT2D eigenvalue weighted by Gasteiger charge is -2.06. The number of benzene rings is 1. The molecule has 0 unspecified atom stereocenters. The minimum Gasteiger partial charge on any atom is -0.465 e. The van der Waals surface area contributed by atoms with E-state index < -0.39 is 11.8 Å². The number of methoxy groups -OCH3 is 1. The lowest BCUT2D eigenvalue weighted by Crippen LogP contribution is -2.04. The molecule has 1 aromatic carbocycles. The summed E-state index contributed by atoms with van der Waals surface area (Å²) in [6.07, 6.45) is 0. The zero-order valence-electron chi connectivity index (χ0n) is 7.93. The van der Waals surface area contributed by atoms with Gasteiger partial charge in [-0.25, -0.2) is 9.18 Å². The molecule has 0 aliphatic carbocycles. The second kappa shape index (κ2) is 4.42. The Labute approximate surface area is 86.6 Å². The Bertz CT molecular complexity index is 363. The lowest BCUT2D eigenvalue weighted by molar-refractivity contribution is 0.0600. The van der Waals surface area contributed by atoms with Crippen molar-refractivity contribution < 1.29 is 13.9 Å². The molecule has 0 saturated heterocycles. The summed E-state index contributed by atoms with van der Waals surface area (Å²) < 4.78 is 17.7. The average Bonchev–Trinajstić information content (AvgIpc) is 2.20. The van der Waals surface area contributed by atoms with Crippen LogP contribution >= 0.6 is 11.6 Å². The zero-order valence-corrected chi connectivity index (χ0v) is 8.69. The van der Waals surface area contributed by atoms with Crippen molar-refractivity contribution in [3.8, 4) is 0 Å². The molecule has 0 N–H and O–H groups in total. The van der Waals surface area contributed by atoms with Gasteiger partial charge >= 0.3 is 5.97 Å². The van der Waals surface area contributed by atoms with E-state index in [1.165, 1.54) is 13.2 Å². The fourth-order valence-electron chi connectivity index (χ4n) is 1.11. The largest absolute Gasteiger partial charge is 0.465 e.